The van der Waals surface area contributed by atoms with Crippen LogP contribution in [0.1, 0.15) is 22.0 Å². The lowest BCUT2D eigenvalue weighted by atomic mass is 10.3. The molecule has 0 saturated carbocycles. The minimum atomic E-state index is -0.457. The molecule has 98 valence electrons. The summed E-state index contributed by atoms with van der Waals surface area (Å²) >= 11 is 0. The first kappa shape index (κ1) is 12.9. The van der Waals surface area contributed by atoms with Crippen molar-refractivity contribution in [3.8, 4) is 0 Å². The van der Waals surface area contributed by atoms with E-state index < -0.39 is 5.97 Å². The summed E-state index contributed by atoms with van der Waals surface area (Å²) in [5, 5.41) is 3.17. The van der Waals surface area contributed by atoms with Gasteiger partial charge in [0.15, 0.2) is 0 Å². The zero-order chi connectivity index (χ0) is 13.7. The van der Waals surface area contributed by atoms with Crippen LogP contribution in [0.2, 0.25) is 0 Å². The summed E-state index contributed by atoms with van der Waals surface area (Å²) in [4.78, 5) is 23.6. The van der Waals surface area contributed by atoms with Crippen LogP contribution in [0, 0.1) is 6.92 Å². The number of aryl methyl sites for hydroxylation is 1. The highest BCUT2D eigenvalue weighted by atomic mass is 16.5. The summed E-state index contributed by atoms with van der Waals surface area (Å²) in [6, 6.07) is 5.25. The van der Waals surface area contributed by atoms with Gasteiger partial charge in [0.25, 0.3) is 0 Å². The fourth-order valence-electron chi connectivity index (χ4n) is 1.55. The second-order valence-corrected chi connectivity index (χ2v) is 3.87. The topological polar surface area (TPSA) is 77.0 Å². The quantitative estimate of drug-likeness (QED) is 0.839. The predicted octanol–water partition coefficient (Wildman–Crippen LogP) is 1.58. The minimum Gasteiger partial charge on any atom is -0.464 e. The van der Waals surface area contributed by atoms with Gasteiger partial charge >= 0.3 is 5.97 Å². The Morgan fingerprint density at radius 3 is 2.84 bits per heavy atom. The normalized spacial score (nSPS) is 10.0. The van der Waals surface area contributed by atoms with Crippen LogP contribution in [-0.4, -0.2) is 28.0 Å². The largest absolute Gasteiger partial charge is 0.464 e. The monoisotopic (exact) mass is 258 g/mol. The molecule has 0 spiro atoms. The Bertz CT molecular complexity index is 586. The van der Waals surface area contributed by atoms with Crippen LogP contribution in [0.25, 0.3) is 0 Å². The van der Waals surface area contributed by atoms with Crippen LogP contribution >= 0.6 is 0 Å². The third-order valence-corrected chi connectivity index (χ3v) is 2.46. The van der Waals surface area contributed by atoms with Gasteiger partial charge in [-0.1, -0.05) is 0 Å². The number of nitrogens with zero attached hydrogens (tertiary/aromatic N) is 3. The van der Waals surface area contributed by atoms with Crippen molar-refractivity contribution in [2.24, 2.45) is 0 Å². The fourth-order valence-corrected chi connectivity index (χ4v) is 1.55. The van der Waals surface area contributed by atoms with E-state index in [9.17, 15) is 4.79 Å². The number of esters is 1. The van der Waals surface area contributed by atoms with Gasteiger partial charge in [0, 0.05) is 18.1 Å². The van der Waals surface area contributed by atoms with Crippen molar-refractivity contribution < 1.29 is 9.53 Å². The van der Waals surface area contributed by atoms with Gasteiger partial charge in [-0.05, 0) is 25.1 Å². The third-order valence-electron chi connectivity index (χ3n) is 2.46. The Kier molecular flexibility index (Phi) is 4.02. The van der Waals surface area contributed by atoms with Gasteiger partial charge < -0.3 is 10.1 Å². The van der Waals surface area contributed by atoms with E-state index in [0.717, 1.165) is 17.2 Å². The van der Waals surface area contributed by atoms with Crippen LogP contribution < -0.4 is 5.32 Å². The van der Waals surface area contributed by atoms with Gasteiger partial charge in [0.2, 0.25) is 0 Å². The molecule has 2 rings (SSSR count). The van der Waals surface area contributed by atoms with E-state index in [-0.39, 0.29) is 5.69 Å². The Morgan fingerprint density at radius 1 is 1.32 bits per heavy atom. The number of carbonyl (C=O) groups excluding carboxylic acids is 1. The van der Waals surface area contributed by atoms with Crippen LogP contribution in [0.4, 0.5) is 5.69 Å². The highest BCUT2D eigenvalue weighted by Gasteiger charge is 2.07. The molecule has 0 unspecified atom stereocenters. The van der Waals surface area contributed by atoms with Crippen molar-refractivity contribution in [2.45, 2.75) is 13.5 Å². The van der Waals surface area contributed by atoms with E-state index in [4.69, 9.17) is 0 Å². The van der Waals surface area contributed by atoms with Crippen LogP contribution in [0.5, 0.6) is 0 Å². The van der Waals surface area contributed by atoms with E-state index in [1.807, 2.05) is 13.0 Å². The third kappa shape index (κ3) is 3.48. The standard InChI is InChI=1S/C13H14N4O2/c1-9-14-5-4-11(17-9)8-16-10-3-6-15-12(7-10)13(18)19-2/h3-7H,8H2,1-2H3,(H,15,16). The predicted molar refractivity (Wildman–Crippen MR) is 69.7 cm³/mol. The summed E-state index contributed by atoms with van der Waals surface area (Å²) in [5.74, 6) is 0.269. The summed E-state index contributed by atoms with van der Waals surface area (Å²) in [6.07, 6.45) is 3.27. The van der Waals surface area contributed by atoms with E-state index >= 15 is 0 Å². The second kappa shape index (κ2) is 5.90. The molecule has 19 heavy (non-hydrogen) atoms. The van der Waals surface area contributed by atoms with E-state index in [2.05, 4.69) is 25.0 Å². The fraction of sp³-hybridized carbons (Fsp3) is 0.231. The number of ether oxygens (including phenoxy) is 1. The summed E-state index contributed by atoms with van der Waals surface area (Å²) < 4.78 is 4.62. The molecule has 0 bridgehead atoms. The molecule has 6 nitrogen and oxygen atoms in total. The molecule has 2 heterocycles. The highest BCUT2D eigenvalue weighted by Crippen LogP contribution is 2.10. The molecule has 0 aliphatic rings. The summed E-state index contributed by atoms with van der Waals surface area (Å²) in [5.41, 5.74) is 1.93. The maximum absolute atomic E-state index is 11.4. The van der Waals surface area contributed by atoms with Crippen molar-refractivity contribution in [1.82, 2.24) is 15.0 Å². The van der Waals surface area contributed by atoms with Gasteiger partial charge in [-0.2, -0.15) is 0 Å². The number of carbonyl (C=O) groups is 1. The first-order chi connectivity index (χ1) is 9.19. The molecular weight excluding hydrogens is 244 g/mol. The molecule has 0 aliphatic carbocycles. The zero-order valence-corrected chi connectivity index (χ0v) is 10.8. The van der Waals surface area contributed by atoms with Crippen molar-refractivity contribution in [3.05, 3.63) is 47.8 Å². The van der Waals surface area contributed by atoms with Crippen molar-refractivity contribution in [3.63, 3.8) is 0 Å². The van der Waals surface area contributed by atoms with E-state index in [0.29, 0.717) is 6.54 Å². The molecular formula is C13H14N4O2. The lowest BCUT2D eigenvalue weighted by Crippen LogP contribution is -2.07. The average molecular weight is 258 g/mol. The first-order valence-corrected chi connectivity index (χ1v) is 5.76. The maximum atomic E-state index is 11.4. The molecule has 2 aromatic rings. The van der Waals surface area contributed by atoms with Gasteiger partial charge in [-0.25, -0.2) is 19.7 Å². The van der Waals surface area contributed by atoms with Gasteiger partial charge in [-0.3, -0.25) is 0 Å². The molecule has 0 atom stereocenters. The van der Waals surface area contributed by atoms with Crippen LogP contribution in [0.15, 0.2) is 30.6 Å². The van der Waals surface area contributed by atoms with E-state index in [1.54, 1.807) is 24.5 Å². The molecule has 0 radical (unpaired) electrons. The Labute approximate surface area is 110 Å². The molecule has 0 aliphatic heterocycles. The lowest BCUT2D eigenvalue weighted by Gasteiger charge is -2.07. The summed E-state index contributed by atoms with van der Waals surface area (Å²) in [7, 11) is 1.33. The Balaban J connectivity index is 2.05. The van der Waals surface area contributed by atoms with Crippen LogP contribution in [-0.2, 0) is 11.3 Å². The van der Waals surface area contributed by atoms with Gasteiger partial charge in [-0.15, -0.1) is 0 Å². The second-order valence-electron chi connectivity index (χ2n) is 3.87. The molecule has 0 fully saturated rings. The minimum absolute atomic E-state index is 0.270. The maximum Gasteiger partial charge on any atom is 0.356 e. The molecule has 0 amide bonds. The molecule has 2 aromatic heterocycles. The highest BCUT2D eigenvalue weighted by molar-refractivity contribution is 5.88. The number of pyridine rings is 1. The summed E-state index contributed by atoms with van der Waals surface area (Å²) in [6.45, 7) is 2.39. The van der Waals surface area contributed by atoms with Gasteiger partial charge in [0.05, 0.1) is 19.3 Å². The smallest absolute Gasteiger partial charge is 0.356 e. The lowest BCUT2D eigenvalue weighted by molar-refractivity contribution is 0.0594. The zero-order valence-electron chi connectivity index (χ0n) is 10.8. The van der Waals surface area contributed by atoms with Crippen molar-refractivity contribution >= 4 is 11.7 Å². The molecule has 6 heteroatoms. The number of rotatable bonds is 4. The molecule has 0 saturated heterocycles. The van der Waals surface area contributed by atoms with Crippen LogP contribution in [0.3, 0.4) is 0 Å². The number of hydrogen-bond acceptors (Lipinski definition) is 6. The van der Waals surface area contributed by atoms with Crippen molar-refractivity contribution in [2.75, 3.05) is 12.4 Å². The molecule has 0 aromatic carbocycles. The Hall–Kier alpha value is -2.50. The first-order valence-electron chi connectivity index (χ1n) is 5.76. The number of aromatic nitrogens is 3. The number of anilines is 1. The average Bonchev–Trinajstić information content (AvgIpc) is 2.45. The molecule has 1 N–H and O–H groups in total. The Morgan fingerprint density at radius 2 is 2.11 bits per heavy atom. The number of hydrogen-bond donors (Lipinski definition) is 1. The van der Waals surface area contributed by atoms with E-state index in [1.165, 1.54) is 7.11 Å². The SMILES string of the molecule is COC(=O)c1cc(NCc2ccnc(C)n2)ccn1. The van der Waals surface area contributed by atoms with Gasteiger partial charge in [0.1, 0.15) is 11.5 Å². The number of nitrogens with one attached hydrogen (secondary N) is 1. The van der Waals surface area contributed by atoms with Crippen molar-refractivity contribution in [1.29, 1.82) is 0 Å². The number of methoxy groups -OCH3 is 1.